The molecule has 4 rings (SSSR count). The number of benzene rings is 1. The van der Waals surface area contributed by atoms with Gasteiger partial charge in [-0.25, -0.2) is 0 Å². The van der Waals surface area contributed by atoms with Crippen molar-refractivity contribution in [3.8, 4) is 11.8 Å². The monoisotopic (exact) mass is 350 g/mol. The summed E-state index contributed by atoms with van der Waals surface area (Å²) in [5.74, 6) is 1.13. The molecule has 7 nitrogen and oxygen atoms in total. The number of hydrogen-bond donors (Lipinski definition) is 0. The first-order chi connectivity index (χ1) is 12.8. The van der Waals surface area contributed by atoms with Gasteiger partial charge in [-0.2, -0.15) is 4.98 Å². The molecular weight excluding hydrogens is 332 g/mol. The van der Waals surface area contributed by atoms with Gasteiger partial charge in [-0.15, -0.1) is 0 Å². The number of rotatable bonds is 4. The lowest BCUT2D eigenvalue weighted by molar-refractivity contribution is 0.0695. The minimum Gasteiger partial charge on any atom is -0.422 e. The van der Waals surface area contributed by atoms with Gasteiger partial charge in [-0.3, -0.25) is 9.78 Å². The van der Waals surface area contributed by atoms with Crippen LogP contribution in [0, 0.1) is 0 Å². The third-order valence-electron chi connectivity index (χ3n) is 4.34. The lowest BCUT2D eigenvalue weighted by atomic mass is 9.97. The van der Waals surface area contributed by atoms with Crippen LogP contribution >= 0.6 is 0 Å². The van der Waals surface area contributed by atoms with E-state index >= 15 is 0 Å². The van der Waals surface area contributed by atoms with Gasteiger partial charge < -0.3 is 14.2 Å². The van der Waals surface area contributed by atoms with Gasteiger partial charge in [0, 0.05) is 25.5 Å². The molecule has 7 heteroatoms. The predicted molar refractivity (Wildman–Crippen MR) is 92.9 cm³/mol. The maximum absolute atomic E-state index is 12.6. The molecule has 1 fully saturated rings. The molecule has 132 valence electrons. The Bertz CT molecular complexity index is 867. The van der Waals surface area contributed by atoms with Crippen molar-refractivity contribution >= 4 is 5.91 Å². The molecule has 0 aliphatic carbocycles. The Morgan fingerprint density at radius 2 is 2.08 bits per heavy atom. The fraction of sp³-hybridized carbons (Fsp3) is 0.263. The number of para-hydroxylation sites is 1. The lowest BCUT2D eigenvalue weighted by Gasteiger charge is -2.30. The largest absolute Gasteiger partial charge is 0.422 e. The van der Waals surface area contributed by atoms with Crippen LogP contribution in [0.5, 0.6) is 11.8 Å². The number of likely N-dealkylation sites (tertiary alicyclic amines) is 1. The van der Waals surface area contributed by atoms with E-state index < -0.39 is 0 Å². The van der Waals surface area contributed by atoms with Crippen molar-refractivity contribution in [3.63, 3.8) is 0 Å². The van der Waals surface area contributed by atoms with Crippen LogP contribution < -0.4 is 4.74 Å². The second-order valence-electron chi connectivity index (χ2n) is 6.16. The molecule has 1 aromatic carbocycles. The topological polar surface area (TPSA) is 81.4 Å². The second-order valence-corrected chi connectivity index (χ2v) is 6.16. The Kier molecular flexibility index (Phi) is 4.59. The van der Waals surface area contributed by atoms with Crippen LogP contribution in [0.1, 0.15) is 35.0 Å². The van der Waals surface area contributed by atoms with Crippen molar-refractivity contribution in [1.82, 2.24) is 20.0 Å². The van der Waals surface area contributed by atoms with Crippen LogP contribution in [0.3, 0.4) is 0 Å². The maximum atomic E-state index is 12.6. The van der Waals surface area contributed by atoms with Crippen LogP contribution in [0.15, 0.2) is 59.4 Å². The highest BCUT2D eigenvalue weighted by Crippen LogP contribution is 2.28. The fourth-order valence-electron chi connectivity index (χ4n) is 3.06. The van der Waals surface area contributed by atoms with Crippen molar-refractivity contribution in [3.05, 3.63) is 66.3 Å². The van der Waals surface area contributed by atoms with E-state index in [2.05, 4.69) is 15.1 Å². The number of pyridine rings is 1. The number of amides is 1. The molecule has 1 amide bonds. The third kappa shape index (κ3) is 3.56. The first-order valence-electron chi connectivity index (χ1n) is 8.55. The van der Waals surface area contributed by atoms with E-state index in [-0.39, 0.29) is 17.8 Å². The average Bonchev–Trinajstić information content (AvgIpc) is 3.17. The zero-order valence-corrected chi connectivity index (χ0v) is 14.1. The van der Waals surface area contributed by atoms with Crippen LogP contribution in [-0.2, 0) is 0 Å². The highest BCUT2D eigenvalue weighted by atomic mass is 16.6. The van der Waals surface area contributed by atoms with Gasteiger partial charge in [0.1, 0.15) is 5.75 Å². The van der Waals surface area contributed by atoms with Crippen molar-refractivity contribution in [2.45, 2.75) is 18.8 Å². The second kappa shape index (κ2) is 7.35. The summed E-state index contributed by atoms with van der Waals surface area (Å²) in [7, 11) is 0. The van der Waals surface area contributed by atoms with Gasteiger partial charge in [0.25, 0.3) is 5.91 Å². The van der Waals surface area contributed by atoms with Gasteiger partial charge in [0.05, 0.1) is 11.5 Å². The molecule has 0 N–H and O–H groups in total. The van der Waals surface area contributed by atoms with Gasteiger partial charge in [-0.1, -0.05) is 18.2 Å². The van der Waals surface area contributed by atoms with Crippen LogP contribution in [0.4, 0.5) is 0 Å². The molecule has 1 aliphatic heterocycles. The molecule has 0 saturated carbocycles. The Morgan fingerprint density at radius 3 is 2.88 bits per heavy atom. The Hall–Kier alpha value is -3.22. The van der Waals surface area contributed by atoms with Gasteiger partial charge in [0.15, 0.2) is 0 Å². The Labute approximate surface area is 150 Å². The predicted octanol–water partition coefficient (Wildman–Crippen LogP) is 3.28. The van der Waals surface area contributed by atoms with Crippen molar-refractivity contribution in [1.29, 1.82) is 0 Å². The number of nitrogens with zero attached hydrogens (tertiary/aromatic N) is 4. The number of piperidine rings is 1. The first-order valence-corrected chi connectivity index (χ1v) is 8.55. The Balaban J connectivity index is 1.44. The summed E-state index contributed by atoms with van der Waals surface area (Å²) in [6.45, 7) is 1.26. The van der Waals surface area contributed by atoms with Crippen LogP contribution in [0.25, 0.3) is 0 Å². The lowest BCUT2D eigenvalue weighted by Crippen LogP contribution is -2.39. The molecule has 0 radical (unpaired) electrons. The molecule has 0 unspecified atom stereocenters. The van der Waals surface area contributed by atoms with E-state index in [0.29, 0.717) is 30.3 Å². The summed E-state index contributed by atoms with van der Waals surface area (Å²) in [5, 5.41) is 3.89. The van der Waals surface area contributed by atoms with E-state index in [1.807, 2.05) is 35.2 Å². The fourth-order valence-corrected chi connectivity index (χ4v) is 3.06. The molecule has 1 saturated heterocycles. The number of carbonyl (C=O) groups is 1. The molecule has 1 aliphatic rings. The van der Waals surface area contributed by atoms with Gasteiger partial charge in [-0.05, 0) is 42.3 Å². The number of ether oxygens (including phenoxy) is 1. The normalized spacial score (nSPS) is 17.1. The molecule has 2 aromatic heterocycles. The Morgan fingerprint density at radius 1 is 1.19 bits per heavy atom. The summed E-state index contributed by atoms with van der Waals surface area (Å²) in [6.07, 6.45) is 5.02. The van der Waals surface area contributed by atoms with Crippen molar-refractivity contribution in [2.75, 3.05) is 13.1 Å². The molecule has 0 bridgehead atoms. The van der Waals surface area contributed by atoms with Crippen molar-refractivity contribution < 1.29 is 14.1 Å². The molecule has 3 heterocycles. The van der Waals surface area contributed by atoms with Crippen LogP contribution in [-0.4, -0.2) is 39.0 Å². The molecule has 0 spiro atoms. The summed E-state index contributed by atoms with van der Waals surface area (Å²) >= 11 is 0. The summed E-state index contributed by atoms with van der Waals surface area (Å²) < 4.78 is 11.0. The SMILES string of the molecule is O=C(c1cccnc1)N1CCC[C@H](c2nc(Oc3ccccc3)no2)C1. The number of carbonyl (C=O) groups excluding carboxylic acids is 1. The highest BCUT2D eigenvalue weighted by Gasteiger charge is 2.29. The first kappa shape index (κ1) is 16.3. The number of hydrogen-bond acceptors (Lipinski definition) is 6. The number of aromatic nitrogens is 3. The standard InChI is InChI=1S/C19H18N4O3/c24-18(14-6-4-10-20-12-14)23-11-5-7-15(13-23)17-21-19(22-26-17)25-16-8-2-1-3-9-16/h1-4,6,8-10,12,15H,5,7,11,13H2/t15-/m0/s1. The van der Waals surface area contributed by atoms with Crippen molar-refractivity contribution in [2.24, 2.45) is 0 Å². The summed E-state index contributed by atoms with van der Waals surface area (Å²) in [5.41, 5.74) is 0.590. The summed E-state index contributed by atoms with van der Waals surface area (Å²) in [6, 6.07) is 13.0. The van der Waals surface area contributed by atoms with E-state index in [1.165, 1.54) is 0 Å². The van der Waals surface area contributed by atoms with E-state index in [1.54, 1.807) is 24.5 Å². The van der Waals surface area contributed by atoms with E-state index in [4.69, 9.17) is 9.26 Å². The third-order valence-corrected chi connectivity index (χ3v) is 4.34. The molecular formula is C19H18N4O3. The molecule has 1 atom stereocenters. The smallest absolute Gasteiger partial charge is 0.359 e. The summed E-state index contributed by atoms with van der Waals surface area (Å²) in [4.78, 5) is 22.8. The molecule has 3 aromatic rings. The zero-order chi connectivity index (χ0) is 17.8. The average molecular weight is 350 g/mol. The van der Waals surface area contributed by atoms with Crippen LogP contribution in [0.2, 0.25) is 0 Å². The molecule has 26 heavy (non-hydrogen) atoms. The van der Waals surface area contributed by atoms with Gasteiger partial charge >= 0.3 is 6.01 Å². The zero-order valence-electron chi connectivity index (χ0n) is 14.1. The minimum atomic E-state index is -0.0249. The maximum Gasteiger partial charge on any atom is 0.359 e. The quantitative estimate of drug-likeness (QED) is 0.718. The highest BCUT2D eigenvalue weighted by molar-refractivity contribution is 5.93. The van der Waals surface area contributed by atoms with E-state index in [0.717, 1.165) is 12.8 Å². The van der Waals surface area contributed by atoms with Gasteiger partial charge in [0.2, 0.25) is 5.89 Å². The minimum absolute atomic E-state index is 0.00462. The van der Waals surface area contributed by atoms with E-state index in [9.17, 15) is 4.79 Å².